The van der Waals surface area contributed by atoms with Crippen molar-refractivity contribution >= 4 is 13.5 Å². The van der Waals surface area contributed by atoms with Gasteiger partial charge in [0.1, 0.15) is 11.7 Å². The zero-order valence-corrected chi connectivity index (χ0v) is 21.5. The summed E-state index contributed by atoms with van der Waals surface area (Å²) in [6, 6.07) is 41.2. The summed E-state index contributed by atoms with van der Waals surface area (Å²) >= 11 is 0. The van der Waals surface area contributed by atoms with Crippen molar-refractivity contribution in [2.45, 2.75) is 49.5 Å². The lowest BCUT2D eigenvalue weighted by atomic mass is 9.79. The first kappa shape index (κ1) is 23.7. The molecule has 0 aliphatic carbocycles. The molecule has 3 atom stereocenters. The number of hydrogen-bond acceptors (Lipinski definition) is 2. The minimum absolute atomic E-state index is 0.446. The molecule has 1 fully saturated rings. The summed E-state index contributed by atoms with van der Waals surface area (Å²) in [6.07, 6.45) is 1.75. The maximum absolute atomic E-state index is 12.9. The summed E-state index contributed by atoms with van der Waals surface area (Å²) in [4.78, 5) is 0. The number of hydrogen-bond donors (Lipinski definition) is 1. The second-order valence-corrected chi connectivity index (χ2v) is 14.3. The van der Waals surface area contributed by atoms with Gasteiger partial charge in [-0.1, -0.05) is 148 Å². The lowest BCUT2D eigenvalue weighted by Crippen LogP contribution is -2.57. The fourth-order valence-corrected chi connectivity index (χ4v) is 11.4. The molecule has 0 aromatic heterocycles. The average Bonchev–Trinajstić information content (AvgIpc) is 3.22. The van der Waals surface area contributed by atoms with Gasteiger partial charge in [-0.15, -0.1) is 0 Å². The molecule has 0 unspecified atom stereocenters. The summed E-state index contributed by atoms with van der Waals surface area (Å²) in [7, 11) is -2.50. The van der Waals surface area contributed by atoms with Crippen molar-refractivity contribution in [3.8, 4) is 0 Å². The second kappa shape index (κ2) is 9.94. The molecule has 4 aromatic carbocycles. The lowest BCUT2D eigenvalue weighted by molar-refractivity contribution is -0.0429. The summed E-state index contributed by atoms with van der Waals surface area (Å²) in [5, 5.41) is 14.2. The molecule has 3 heteroatoms. The van der Waals surface area contributed by atoms with Gasteiger partial charge in [0.15, 0.2) is 0 Å². The van der Waals surface area contributed by atoms with Crippen molar-refractivity contribution in [3.05, 3.63) is 138 Å². The molecule has 0 radical (unpaired) electrons. The fourth-order valence-electron chi connectivity index (χ4n) is 6.05. The largest absolute Gasteiger partial charge is 0.401 e. The second-order valence-electron chi connectivity index (χ2n) is 9.95. The molecule has 2 nitrogen and oxygen atoms in total. The lowest BCUT2D eigenvalue weighted by Gasteiger charge is -2.45. The van der Waals surface area contributed by atoms with Crippen LogP contribution in [0.1, 0.15) is 49.5 Å². The molecular formula is C32H34O2Si. The van der Waals surface area contributed by atoms with Crippen LogP contribution >= 0.6 is 0 Å². The quantitative estimate of drug-likeness (QED) is 0.287. The van der Waals surface area contributed by atoms with E-state index in [2.05, 4.69) is 56.3 Å². The summed E-state index contributed by atoms with van der Waals surface area (Å²) in [5.74, 6) is 0. The Hall–Kier alpha value is -2.98. The molecule has 1 saturated heterocycles. The minimum atomic E-state index is -2.50. The van der Waals surface area contributed by atoms with Gasteiger partial charge in [-0.05, 0) is 33.0 Å². The molecule has 4 aromatic rings. The number of rotatable bonds is 7. The Bertz CT molecular complexity index is 1160. The smallest absolute Gasteiger partial charge is 0.230 e. The minimum Gasteiger partial charge on any atom is -0.401 e. The topological polar surface area (TPSA) is 29.5 Å². The van der Waals surface area contributed by atoms with Crippen LogP contribution in [0.25, 0.3) is 0 Å². The third-order valence-electron chi connectivity index (χ3n) is 7.94. The van der Waals surface area contributed by atoms with Crippen LogP contribution in [0.3, 0.4) is 0 Å². The third kappa shape index (κ3) is 4.18. The van der Waals surface area contributed by atoms with Crippen LogP contribution in [0.5, 0.6) is 0 Å². The van der Waals surface area contributed by atoms with E-state index in [4.69, 9.17) is 4.43 Å². The molecule has 35 heavy (non-hydrogen) atoms. The molecule has 5 rings (SSSR count). The van der Waals surface area contributed by atoms with Crippen molar-refractivity contribution in [2.75, 3.05) is 0 Å². The van der Waals surface area contributed by atoms with Crippen molar-refractivity contribution in [2.24, 2.45) is 0 Å². The van der Waals surface area contributed by atoms with Gasteiger partial charge < -0.3 is 9.53 Å². The summed E-state index contributed by atoms with van der Waals surface area (Å²) in [6.45, 7) is 4.71. The van der Waals surface area contributed by atoms with E-state index < -0.39 is 20.0 Å². The van der Waals surface area contributed by atoms with E-state index in [1.54, 1.807) is 0 Å². The summed E-state index contributed by atoms with van der Waals surface area (Å²) in [5.41, 5.74) is 2.23. The molecule has 0 amide bonds. The van der Waals surface area contributed by atoms with Gasteiger partial charge in [-0.25, -0.2) is 0 Å². The Labute approximate surface area is 210 Å². The van der Waals surface area contributed by atoms with Crippen LogP contribution in [0.2, 0.25) is 11.1 Å². The predicted molar refractivity (Wildman–Crippen MR) is 146 cm³/mol. The fraction of sp³-hybridized carbons (Fsp3) is 0.250. The van der Waals surface area contributed by atoms with Crippen molar-refractivity contribution < 1.29 is 9.53 Å². The van der Waals surface area contributed by atoms with Crippen LogP contribution in [-0.4, -0.2) is 13.4 Å². The van der Waals surface area contributed by atoms with Gasteiger partial charge in [-0.2, -0.15) is 0 Å². The average molecular weight is 479 g/mol. The molecule has 0 spiro atoms. The standard InChI is InChI=1S/C32H34O2Si/c1-25-23-24-26(2)35(25,30-21-13-6-14-22-30)34-31(27-15-7-3-8-16-27)32(33,28-17-9-4-10-18-28)29-19-11-5-12-20-29/h3-22,25-26,31,33H,23-24H2,1-2H3/t25-,26-,31-/m0/s1. The highest BCUT2D eigenvalue weighted by atomic mass is 28.4. The zero-order chi connectivity index (χ0) is 24.3. The molecule has 1 heterocycles. The monoisotopic (exact) mass is 478 g/mol. The number of aliphatic hydroxyl groups is 1. The first-order chi connectivity index (χ1) is 17.1. The highest BCUT2D eigenvalue weighted by Gasteiger charge is 2.56. The Morgan fingerprint density at radius 3 is 1.51 bits per heavy atom. The van der Waals surface area contributed by atoms with E-state index in [-0.39, 0.29) is 0 Å². The SMILES string of the molecule is C[C@H]1CC[C@H](C)[Si]1(O[C@@H](c1ccccc1)C(O)(c1ccccc1)c1ccccc1)c1ccccc1. The molecular weight excluding hydrogens is 444 g/mol. The first-order valence-corrected chi connectivity index (χ1v) is 14.7. The highest BCUT2D eigenvalue weighted by molar-refractivity contribution is 6.89. The molecule has 1 aliphatic rings. The van der Waals surface area contributed by atoms with Crippen molar-refractivity contribution in [3.63, 3.8) is 0 Å². The highest BCUT2D eigenvalue weighted by Crippen LogP contribution is 2.52. The third-order valence-corrected chi connectivity index (χ3v) is 13.3. The maximum Gasteiger partial charge on any atom is 0.230 e. The van der Waals surface area contributed by atoms with Gasteiger partial charge >= 0.3 is 0 Å². The van der Waals surface area contributed by atoms with E-state index in [0.29, 0.717) is 11.1 Å². The number of benzene rings is 4. The van der Waals surface area contributed by atoms with Gasteiger partial charge in [0, 0.05) is 0 Å². The van der Waals surface area contributed by atoms with Crippen LogP contribution in [0.4, 0.5) is 0 Å². The Balaban J connectivity index is 1.75. The molecule has 1 N–H and O–H groups in total. The predicted octanol–water partition coefficient (Wildman–Crippen LogP) is 7.11. The Morgan fingerprint density at radius 2 is 1.06 bits per heavy atom. The van der Waals surface area contributed by atoms with E-state index in [9.17, 15) is 5.11 Å². The van der Waals surface area contributed by atoms with Crippen LogP contribution in [-0.2, 0) is 10.0 Å². The Kier molecular flexibility index (Phi) is 6.75. The summed E-state index contributed by atoms with van der Waals surface area (Å²) < 4.78 is 7.56. The van der Waals surface area contributed by atoms with Gasteiger partial charge in [-0.3, -0.25) is 0 Å². The first-order valence-electron chi connectivity index (χ1n) is 12.7. The normalized spacial score (nSPS) is 20.4. The van der Waals surface area contributed by atoms with E-state index >= 15 is 0 Å². The van der Waals surface area contributed by atoms with Gasteiger partial charge in [0.05, 0.1) is 0 Å². The molecule has 0 bridgehead atoms. The van der Waals surface area contributed by atoms with Gasteiger partial charge in [0.25, 0.3) is 0 Å². The van der Waals surface area contributed by atoms with E-state index in [1.807, 2.05) is 78.9 Å². The zero-order valence-electron chi connectivity index (χ0n) is 20.5. The van der Waals surface area contributed by atoms with Crippen LogP contribution < -0.4 is 5.19 Å². The van der Waals surface area contributed by atoms with E-state index in [1.165, 1.54) is 5.19 Å². The van der Waals surface area contributed by atoms with Crippen molar-refractivity contribution in [1.29, 1.82) is 0 Å². The van der Waals surface area contributed by atoms with Crippen LogP contribution in [0, 0.1) is 0 Å². The van der Waals surface area contributed by atoms with Crippen molar-refractivity contribution in [1.82, 2.24) is 0 Å². The molecule has 178 valence electrons. The molecule has 1 aliphatic heterocycles. The Morgan fingerprint density at radius 1 is 0.657 bits per heavy atom. The maximum atomic E-state index is 12.9. The molecule has 0 saturated carbocycles. The van der Waals surface area contributed by atoms with Crippen LogP contribution in [0.15, 0.2) is 121 Å². The van der Waals surface area contributed by atoms with E-state index in [0.717, 1.165) is 29.5 Å². The van der Waals surface area contributed by atoms with Gasteiger partial charge in [0.2, 0.25) is 8.32 Å².